The van der Waals surface area contributed by atoms with Gasteiger partial charge in [-0.3, -0.25) is 4.84 Å². The third-order valence-electron chi connectivity index (χ3n) is 2.02. The smallest absolute Gasteiger partial charge is 0.247 e. The number of aliphatic hydroxyl groups excluding tert-OH is 1. The summed E-state index contributed by atoms with van der Waals surface area (Å²) >= 11 is 0. The molecule has 0 atom stereocenters. The Morgan fingerprint density at radius 1 is 1.44 bits per heavy atom. The van der Waals surface area contributed by atoms with E-state index in [9.17, 15) is 4.91 Å². The van der Waals surface area contributed by atoms with Gasteiger partial charge in [0.05, 0.1) is 18.6 Å². The van der Waals surface area contributed by atoms with Gasteiger partial charge < -0.3 is 9.52 Å². The highest BCUT2D eigenvalue weighted by molar-refractivity contribution is 5.94. The molecular weight excluding hydrogens is 212 g/mol. The number of aliphatic hydroxyl groups is 1. The molecule has 2 rings (SSSR count). The van der Waals surface area contributed by atoms with Gasteiger partial charge in [0.15, 0.2) is 5.69 Å². The first-order valence-corrected chi connectivity index (χ1v) is 4.70. The lowest BCUT2D eigenvalue weighted by Crippen LogP contribution is -2.05. The van der Waals surface area contributed by atoms with Crippen LogP contribution in [0.5, 0.6) is 0 Å². The second-order valence-corrected chi connectivity index (χ2v) is 3.04. The topological polar surface area (TPSA) is 84.1 Å². The van der Waals surface area contributed by atoms with Gasteiger partial charge in [-0.1, -0.05) is 12.1 Å². The van der Waals surface area contributed by atoms with Crippen molar-refractivity contribution < 1.29 is 14.4 Å². The van der Waals surface area contributed by atoms with E-state index in [1.807, 2.05) is 0 Å². The summed E-state index contributed by atoms with van der Waals surface area (Å²) < 4.78 is 5.33. The second-order valence-electron chi connectivity index (χ2n) is 3.04. The van der Waals surface area contributed by atoms with Gasteiger partial charge in [-0.05, 0) is 17.3 Å². The summed E-state index contributed by atoms with van der Waals surface area (Å²) in [5.74, 6) is 0.143. The lowest BCUT2D eigenvalue weighted by atomic mass is 10.2. The van der Waals surface area contributed by atoms with Crippen LogP contribution in [0.4, 0.5) is 11.6 Å². The van der Waals surface area contributed by atoms with Crippen molar-refractivity contribution in [3.8, 4) is 0 Å². The first kappa shape index (κ1) is 10.6. The van der Waals surface area contributed by atoms with Crippen LogP contribution in [0.1, 0.15) is 0 Å². The maximum atomic E-state index is 10.7. The highest BCUT2D eigenvalue weighted by Crippen LogP contribution is 2.36. The molecule has 0 aliphatic heterocycles. The molecule has 84 valence electrons. The molecule has 0 fully saturated rings. The van der Waals surface area contributed by atoms with Crippen LogP contribution in [-0.2, 0) is 4.84 Å². The summed E-state index contributed by atoms with van der Waals surface area (Å²) in [4.78, 5) is 15.5. The van der Waals surface area contributed by atoms with Crippen molar-refractivity contribution in [2.45, 2.75) is 0 Å². The van der Waals surface area contributed by atoms with Crippen LogP contribution < -0.4 is 5.48 Å². The quantitative estimate of drug-likeness (QED) is 0.460. The Labute approximate surface area is 90.7 Å². The molecular formula is C10H10N2O4. The summed E-state index contributed by atoms with van der Waals surface area (Å²) in [6, 6.07) is 7.03. The van der Waals surface area contributed by atoms with Crippen LogP contribution in [0.2, 0.25) is 0 Å². The Morgan fingerprint density at radius 3 is 3.00 bits per heavy atom. The third kappa shape index (κ3) is 1.88. The Bertz CT molecular complexity index is 495. The van der Waals surface area contributed by atoms with E-state index < -0.39 is 0 Å². The van der Waals surface area contributed by atoms with Gasteiger partial charge in [-0.2, -0.15) is 0 Å². The molecule has 1 aromatic heterocycles. The Kier molecular flexibility index (Phi) is 3.13. The number of nitrogens with one attached hydrogen (secondary N) is 1. The standard InChI is InChI=1S/C10H10N2O4/c13-5-6-15-12-10-9(11-14)7-3-1-2-4-8(7)16-10/h1-4,12-13H,5-6H2. The number of nitroso groups, excluding NO2 is 1. The van der Waals surface area contributed by atoms with Crippen molar-refractivity contribution in [3.05, 3.63) is 29.2 Å². The van der Waals surface area contributed by atoms with E-state index in [4.69, 9.17) is 14.4 Å². The van der Waals surface area contributed by atoms with Gasteiger partial charge in [-0.15, -0.1) is 4.91 Å². The molecule has 0 aliphatic carbocycles. The van der Waals surface area contributed by atoms with Crippen molar-refractivity contribution in [2.75, 3.05) is 18.7 Å². The average Bonchev–Trinajstić information content (AvgIpc) is 2.67. The fourth-order valence-electron chi connectivity index (χ4n) is 1.35. The zero-order valence-electron chi connectivity index (χ0n) is 8.34. The molecule has 2 aromatic rings. The van der Waals surface area contributed by atoms with Gasteiger partial charge >= 0.3 is 0 Å². The fraction of sp³-hybridized carbons (Fsp3) is 0.200. The van der Waals surface area contributed by atoms with Crippen molar-refractivity contribution in [3.63, 3.8) is 0 Å². The maximum Gasteiger partial charge on any atom is 0.247 e. The van der Waals surface area contributed by atoms with Gasteiger partial charge in [0, 0.05) is 0 Å². The minimum Gasteiger partial charge on any atom is -0.436 e. The molecule has 0 bridgehead atoms. The predicted molar refractivity (Wildman–Crippen MR) is 58.3 cm³/mol. The minimum atomic E-state index is -0.128. The number of anilines is 1. The SMILES string of the molecule is O=Nc1c(NOCCO)oc2ccccc12. The summed E-state index contributed by atoms with van der Waals surface area (Å²) in [5, 5.41) is 12.0. The van der Waals surface area contributed by atoms with E-state index in [2.05, 4.69) is 10.7 Å². The van der Waals surface area contributed by atoms with Crippen molar-refractivity contribution in [2.24, 2.45) is 5.18 Å². The Morgan fingerprint density at radius 2 is 2.25 bits per heavy atom. The molecule has 0 amide bonds. The fourth-order valence-corrected chi connectivity index (χ4v) is 1.35. The molecule has 1 heterocycles. The number of para-hydroxylation sites is 1. The molecule has 0 saturated heterocycles. The summed E-state index contributed by atoms with van der Waals surface area (Å²) in [6.07, 6.45) is 0. The van der Waals surface area contributed by atoms with Crippen LogP contribution in [0.15, 0.2) is 33.9 Å². The summed E-state index contributed by atoms with van der Waals surface area (Å²) in [6.45, 7) is -0.0353. The first-order chi connectivity index (χ1) is 7.86. The van der Waals surface area contributed by atoms with Crippen LogP contribution in [-0.4, -0.2) is 18.3 Å². The molecule has 0 unspecified atom stereocenters. The molecule has 0 spiro atoms. The Hall–Kier alpha value is -1.92. The number of benzene rings is 1. The molecule has 2 N–H and O–H groups in total. The summed E-state index contributed by atoms with van der Waals surface area (Å²) in [7, 11) is 0. The average molecular weight is 222 g/mol. The highest BCUT2D eigenvalue weighted by atomic mass is 16.7. The zero-order chi connectivity index (χ0) is 11.4. The van der Waals surface area contributed by atoms with Crippen LogP contribution >= 0.6 is 0 Å². The van der Waals surface area contributed by atoms with E-state index >= 15 is 0 Å². The van der Waals surface area contributed by atoms with Crippen LogP contribution in [0, 0.1) is 4.91 Å². The molecule has 6 nitrogen and oxygen atoms in total. The van der Waals surface area contributed by atoms with Crippen molar-refractivity contribution in [1.82, 2.24) is 0 Å². The monoisotopic (exact) mass is 222 g/mol. The maximum absolute atomic E-state index is 10.7. The van der Waals surface area contributed by atoms with Crippen molar-refractivity contribution >= 4 is 22.5 Å². The molecule has 1 aromatic carbocycles. The van der Waals surface area contributed by atoms with Gasteiger partial charge in [0.2, 0.25) is 5.88 Å². The van der Waals surface area contributed by atoms with Gasteiger partial charge in [0.25, 0.3) is 0 Å². The number of hydrogen-bond acceptors (Lipinski definition) is 6. The predicted octanol–water partition coefficient (Wildman–Crippen LogP) is 2.17. The van der Waals surface area contributed by atoms with E-state index in [0.29, 0.717) is 11.0 Å². The minimum absolute atomic E-state index is 0.0926. The number of hydrogen-bond donors (Lipinski definition) is 2. The molecule has 6 heteroatoms. The van der Waals surface area contributed by atoms with Crippen LogP contribution in [0.25, 0.3) is 11.0 Å². The van der Waals surface area contributed by atoms with E-state index in [1.165, 1.54) is 0 Å². The molecule has 16 heavy (non-hydrogen) atoms. The number of fused-ring (bicyclic) bond motifs is 1. The summed E-state index contributed by atoms with van der Waals surface area (Å²) in [5.41, 5.74) is 3.14. The lowest BCUT2D eigenvalue weighted by molar-refractivity contribution is 0.129. The van der Waals surface area contributed by atoms with Gasteiger partial charge in [-0.25, -0.2) is 5.48 Å². The zero-order valence-corrected chi connectivity index (χ0v) is 8.34. The number of rotatable bonds is 5. The first-order valence-electron chi connectivity index (χ1n) is 4.70. The van der Waals surface area contributed by atoms with E-state index in [1.54, 1.807) is 24.3 Å². The van der Waals surface area contributed by atoms with Crippen molar-refractivity contribution in [1.29, 1.82) is 0 Å². The molecule has 0 radical (unpaired) electrons. The van der Waals surface area contributed by atoms with E-state index in [0.717, 1.165) is 0 Å². The van der Waals surface area contributed by atoms with Crippen LogP contribution in [0.3, 0.4) is 0 Å². The normalized spacial score (nSPS) is 10.6. The van der Waals surface area contributed by atoms with E-state index in [-0.39, 0.29) is 24.8 Å². The Balaban J connectivity index is 2.33. The molecule has 0 aliphatic rings. The van der Waals surface area contributed by atoms with Gasteiger partial charge in [0.1, 0.15) is 5.58 Å². The largest absolute Gasteiger partial charge is 0.436 e. The highest BCUT2D eigenvalue weighted by Gasteiger charge is 2.14. The number of furan rings is 1. The lowest BCUT2D eigenvalue weighted by Gasteiger charge is -2.01. The second kappa shape index (κ2) is 4.73. The molecule has 0 saturated carbocycles. The third-order valence-corrected chi connectivity index (χ3v) is 2.02. The number of nitrogens with zero attached hydrogens (tertiary/aromatic N) is 1.